The number of nitrogens with one attached hydrogen (secondary N) is 1. The van der Waals surface area contributed by atoms with Gasteiger partial charge in [0.25, 0.3) is 0 Å². The number of fused-ring (bicyclic) bond motifs is 1. The molecular weight excluding hydrogens is 563 g/mol. The summed E-state index contributed by atoms with van der Waals surface area (Å²) in [6.07, 6.45) is -4.59. The Bertz CT molecular complexity index is 1800. The summed E-state index contributed by atoms with van der Waals surface area (Å²) in [6, 6.07) is 9.55. The third kappa shape index (κ3) is 6.06. The van der Waals surface area contributed by atoms with Crippen LogP contribution in [0.4, 0.5) is 18.9 Å². The molecule has 0 radical (unpaired) electrons. The highest BCUT2D eigenvalue weighted by molar-refractivity contribution is 7.16. The average Bonchev–Trinajstić information content (AvgIpc) is 3.14. The van der Waals surface area contributed by atoms with Crippen molar-refractivity contribution in [2.24, 2.45) is 10.9 Å². The molecule has 0 fully saturated rings. The van der Waals surface area contributed by atoms with Crippen molar-refractivity contribution in [3.05, 3.63) is 89.3 Å². The Morgan fingerprint density at radius 2 is 1.77 bits per heavy atom. The number of aromatic amines is 1. The Hall–Kier alpha value is -3.91. The van der Waals surface area contributed by atoms with Crippen LogP contribution >= 0.6 is 22.9 Å². The maximum absolute atomic E-state index is 13.5. The standard InChI is InChI=1S/C24H21ClF3N5O5S/c1-12(19(34)35)13(2)33-21(36)30-20(31(22(33)37)10-14-3-5-15(25)6-4-14)29-16-7-8-17-18(9-16)39-23(38)32(17)11-24(26,27)28/h3-9,12-13H,10-11H2,1-2H3,(H,34,35)(H,29,30,36)/t12-,13+/m1/s1. The topological polar surface area (TPSA) is 131 Å². The summed E-state index contributed by atoms with van der Waals surface area (Å²) in [4.78, 5) is 56.2. The molecule has 0 aliphatic rings. The molecule has 206 valence electrons. The zero-order valence-electron chi connectivity index (χ0n) is 20.4. The van der Waals surface area contributed by atoms with E-state index in [2.05, 4.69) is 9.98 Å². The van der Waals surface area contributed by atoms with Crippen LogP contribution in [0, 0.1) is 5.92 Å². The number of thiazole rings is 1. The molecule has 39 heavy (non-hydrogen) atoms. The van der Waals surface area contributed by atoms with E-state index in [0.717, 1.165) is 9.13 Å². The SMILES string of the molecule is C[C@@H](C(=O)O)[C@H](C)n1c(=O)[nH]/c(=N\c2ccc3c(c2)sc(=O)n3CC(F)(F)F)n(Cc2ccc(Cl)cc2)c1=O. The van der Waals surface area contributed by atoms with Crippen molar-refractivity contribution in [1.82, 2.24) is 18.7 Å². The molecule has 2 N–H and O–H groups in total. The van der Waals surface area contributed by atoms with Crippen LogP contribution in [0.5, 0.6) is 0 Å². The van der Waals surface area contributed by atoms with Gasteiger partial charge in [0.1, 0.15) is 6.54 Å². The van der Waals surface area contributed by atoms with Gasteiger partial charge in [-0.3, -0.25) is 23.7 Å². The lowest BCUT2D eigenvalue weighted by atomic mass is 10.0. The van der Waals surface area contributed by atoms with E-state index < -0.39 is 46.9 Å². The zero-order valence-corrected chi connectivity index (χ0v) is 22.0. The predicted octanol–water partition coefficient (Wildman–Crippen LogP) is 3.49. The number of hydrogen-bond donors (Lipinski definition) is 2. The lowest BCUT2D eigenvalue weighted by Gasteiger charge is -2.19. The minimum absolute atomic E-state index is 0.0655. The van der Waals surface area contributed by atoms with Gasteiger partial charge in [0.05, 0.1) is 34.4 Å². The normalized spacial score (nSPS) is 14.1. The largest absolute Gasteiger partial charge is 0.481 e. The Balaban J connectivity index is 1.90. The van der Waals surface area contributed by atoms with Gasteiger partial charge in [-0.25, -0.2) is 19.1 Å². The number of nitrogens with zero attached hydrogens (tertiary/aromatic N) is 4. The average molecular weight is 584 g/mol. The highest BCUT2D eigenvalue weighted by Gasteiger charge is 2.30. The Labute approximate surface area is 225 Å². The number of carbonyl (C=O) groups is 1. The molecular formula is C24H21ClF3N5O5S. The number of H-pyrrole nitrogens is 1. The summed E-state index contributed by atoms with van der Waals surface area (Å²) >= 11 is 6.56. The molecule has 0 unspecified atom stereocenters. The van der Waals surface area contributed by atoms with E-state index in [1.165, 1.54) is 32.0 Å². The number of carboxylic acids is 1. The molecule has 0 aliphatic heterocycles. The smallest absolute Gasteiger partial charge is 0.406 e. The highest BCUT2D eigenvalue weighted by atomic mass is 35.5. The second kappa shape index (κ2) is 10.7. The van der Waals surface area contributed by atoms with Crippen LogP contribution in [0.15, 0.2) is 61.8 Å². The van der Waals surface area contributed by atoms with Crippen molar-refractivity contribution < 1.29 is 23.1 Å². The number of benzene rings is 2. The fourth-order valence-corrected chi connectivity index (χ4v) is 4.95. The van der Waals surface area contributed by atoms with E-state index >= 15 is 0 Å². The number of hydrogen-bond acceptors (Lipinski definition) is 6. The quantitative estimate of drug-likeness (QED) is 0.344. The molecule has 2 aromatic carbocycles. The van der Waals surface area contributed by atoms with E-state index in [9.17, 15) is 37.5 Å². The number of alkyl halides is 3. The molecule has 15 heteroatoms. The highest BCUT2D eigenvalue weighted by Crippen LogP contribution is 2.26. The summed E-state index contributed by atoms with van der Waals surface area (Å²) < 4.78 is 41.5. The first-order valence-electron chi connectivity index (χ1n) is 11.4. The lowest BCUT2D eigenvalue weighted by Crippen LogP contribution is -2.52. The maximum Gasteiger partial charge on any atom is 0.406 e. The first-order chi connectivity index (χ1) is 18.2. The molecule has 0 saturated carbocycles. The van der Waals surface area contributed by atoms with Crippen LogP contribution in [0.3, 0.4) is 0 Å². The number of aliphatic carboxylic acids is 1. The lowest BCUT2D eigenvalue weighted by molar-refractivity contribution is -0.142. The van der Waals surface area contributed by atoms with Gasteiger partial charge >= 0.3 is 28.4 Å². The summed E-state index contributed by atoms with van der Waals surface area (Å²) in [6.45, 7) is 1.28. The van der Waals surface area contributed by atoms with E-state index in [-0.39, 0.29) is 28.1 Å². The first kappa shape index (κ1) is 28.1. The van der Waals surface area contributed by atoms with Crippen molar-refractivity contribution >= 4 is 44.8 Å². The summed E-state index contributed by atoms with van der Waals surface area (Å²) in [5, 5.41) is 9.85. The van der Waals surface area contributed by atoms with Crippen LogP contribution in [0.2, 0.25) is 5.02 Å². The van der Waals surface area contributed by atoms with Crippen molar-refractivity contribution in [2.45, 2.75) is 39.2 Å². The van der Waals surface area contributed by atoms with E-state index in [0.29, 0.717) is 26.5 Å². The number of halogens is 4. The number of carboxylic acid groups (broad SMARTS) is 1. The molecule has 0 saturated heterocycles. The molecule has 0 amide bonds. The second-order valence-corrected chi connectivity index (χ2v) is 10.2. The molecule has 0 aliphatic carbocycles. The minimum atomic E-state index is -4.59. The zero-order chi connectivity index (χ0) is 28.6. The van der Waals surface area contributed by atoms with Crippen molar-refractivity contribution in [3.63, 3.8) is 0 Å². The monoisotopic (exact) mass is 583 g/mol. The van der Waals surface area contributed by atoms with Crippen LogP contribution in [-0.2, 0) is 17.9 Å². The third-order valence-corrected chi connectivity index (χ3v) is 7.32. The van der Waals surface area contributed by atoms with Crippen LogP contribution < -0.4 is 21.9 Å². The van der Waals surface area contributed by atoms with Gasteiger partial charge in [0.15, 0.2) is 0 Å². The Morgan fingerprint density at radius 3 is 2.38 bits per heavy atom. The van der Waals surface area contributed by atoms with Crippen LogP contribution in [0.1, 0.15) is 25.5 Å². The van der Waals surface area contributed by atoms with E-state index in [4.69, 9.17) is 11.6 Å². The van der Waals surface area contributed by atoms with Crippen LogP contribution in [0.25, 0.3) is 10.2 Å². The second-order valence-electron chi connectivity index (χ2n) is 8.82. The van der Waals surface area contributed by atoms with Gasteiger partial charge in [-0.1, -0.05) is 35.1 Å². The molecule has 0 spiro atoms. The summed E-state index contributed by atoms with van der Waals surface area (Å²) in [5.41, 5.74) is -1.06. The number of rotatable bonds is 7. The van der Waals surface area contributed by atoms with Gasteiger partial charge in [-0.2, -0.15) is 13.2 Å². The van der Waals surface area contributed by atoms with Crippen molar-refractivity contribution in [2.75, 3.05) is 0 Å². The molecule has 2 heterocycles. The third-order valence-electron chi connectivity index (χ3n) is 6.13. The molecule has 10 nitrogen and oxygen atoms in total. The van der Waals surface area contributed by atoms with Gasteiger partial charge in [0.2, 0.25) is 5.62 Å². The fraction of sp³-hybridized carbons (Fsp3) is 0.292. The predicted molar refractivity (Wildman–Crippen MR) is 139 cm³/mol. The van der Waals surface area contributed by atoms with Crippen LogP contribution in [-0.4, -0.2) is 35.9 Å². The van der Waals surface area contributed by atoms with Crippen molar-refractivity contribution in [1.29, 1.82) is 0 Å². The minimum Gasteiger partial charge on any atom is -0.481 e. The van der Waals surface area contributed by atoms with Crippen molar-refractivity contribution in [3.8, 4) is 0 Å². The van der Waals surface area contributed by atoms with Gasteiger partial charge in [-0.15, -0.1) is 0 Å². The fourth-order valence-electron chi connectivity index (χ4n) is 3.90. The molecule has 4 rings (SSSR count). The summed E-state index contributed by atoms with van der Waals surface area (Å²) in [5.74, 6) is -2.27. The molecule has 4 aromatic rings. The molecule has 2 aromatic heterocycles. The first-order valence-corrected chi connectivity index (χ1v) is 12.6. The summed E-state index contributed by atoms with van der Waals surface area (Å²) in [7, 11) is 0. The Kier molecular flexibility index (Phi) is 7.70. The van der Waals surface area contributed by atoms with Gasteiger partial charge in [0, 0.05) is 5.02 Å². The van der Waals surface area contributed by atoms with E-state index in [1.807, 2.05) is 0 Å². The van der Waals surface area contributed by atoms with Gasteiger partial charge in [-0.05, 0) is 49.7 Å². The Morgan fingerprint density at radius 1 is 1.10 bits per heavy atom. The van der Waals surface area contributed by atoms with E-state index in [1.54, 1.807) is 24.3 Å². The maximum atomic E-state index is 13.5. The molecule has 2 atom stereocenters. The number of aromatic nitrogens is 4. The van der Waals surface area contributed by atoms with Gasteiger partial charge < -0.3 is 5.11 Å². The molecule has 0 bridgehead atoms.